The number of hydrogen-bond donors (Lipinski definition) is 0. The molecule has 142 valence electrons. The molecule has 0 saturated carbocycles. The molecule has 0 bridgehead atoms. The minimum Gasteiger partial charge on any atom is -0.247 e. The van der Waals surface area contributed by atoms with E-state index in [-0.39, 0.29) is 11.9 Å². The van der Waals surface area contributed by atoms with Crippen molar-refractivity contribution in [2.45, 2.75) is 105 Å². The quantitative estimate of drug-likeness (QED) is 0.305. The predicted molar refractivity (Wildman–Crippen MR) is 97.3 cm³/mol. The average molecular weight is 343 g/mol. The molecule has 0 rings (SSSR count). The van der Waals surface area contributed by atoms with Crippen molar-refractivity contribution in [1.82, 2.24) is 0 Å². The van der Waals surface area contributed by atoms with Gasteiger partial charge in [-0.1, -0.05) is 73.1 Å². The Bertz CT molecular complexity index is 344. The van der Waals surface area contributed by atoms with E-state index in [4.69, 9.17) is 9.78 Å². The third-order valence-corrected chi connectivity index (χ3v) is 5.06. The average Bonchev–Trinajstić information content (AvgIpc) is 2.61. The minimum atomic E-state index is -0.516. The third kappa shape index (κ3) is 7.67. The zero-order chi connectivity index (χ0) is 18.4. The van der Waals surface area contributed by atoms with Gasteiger partial charge in [-0.2, -0.15) is 0 Å². The van der Waals surface area contributed by atoms with Gasteiger partial charge in [-0.05, 0) is 32.1 Å². The van der Waals surface area contributed by atoms with Crippen LogP contribution in [-0.4, -0.2) is 11.9 Å². The van der Waals surface area contributed by atoms with Crippen LogP contribution < -0.4 is 0 Å². The van der Waals surface area contributed by atoms with Crippen molar-refractivity contribution in [2.24, 2.45) is 11.3 Å². The van der Waals surface area contributed by atoms with Gasteiger partial charge in [0.05, 0.1) is 11.3 Å². The summed E-state index contributed by atoms with van der Waals surface area (Å²) in [6.45, 7) is 10.3. The van der Waals surface area contributed by atoms with Crippen LogP contribution in [0.5, 0.6) is 0 Å². The molecule has 0 aromatic heterocycles. The number of hydrogen-bond acceptors (Lipinski definition) is 4. The van der Waals surface area contributed by atoms with E-state index in [1.807, 2.05) is 13.8 Å². The van der Waals surface area contributed by atoms with E-state index in [2.05, 4.69) is 20.8 Å². The van der Waals surface area contributed by atoms with Gasteiger partial charge >= 0.3 is 11.9 Å². The Balaban J connectivity index is 4.76. The van der Waals surface area contributed by atoms with Gasteiger partial charge in [0.15, 0.2) is 0 Å². The van der Waals surface area contributed by atoms with E-state index in [9.17, 15) is 9.59 Å². The second kappa shape index (κ2) is 13.3. The fourth-order valence-corrected chi connectivity index (χ4v) is 3.03. The molecular weight excluding hydrogens is 304 g/mol. The van der Waals surface area contributed by atoms with Crippen molar-refractivity contribution in [3.63, 3.8) is 0 Å². The van der Waals surface area contributed by atoms with Crippen LogP contribution in [0.3, 0.4) is 0 Å². The molecule has 0 N–H and O–H groups in total. The normalized spacial score (nSPS) is 12.7. The van der Waals surface area contributed by atoms with Crippen LogP contribution >= 0.6 is 0 Å². The summed E-state index contributed by atoms with van der Waals surface area (Å²) in [6, 6.07) is 0. The second-order valence-electron chi connectivity index (χ2n) is 6.86. The Morgan fingerprint density at radius 2 is 1.38 bits per heavy atom. The molecule has 4 heteroatoms. The maximum atomic E-state index is 12.6. The Morgan fingerprint density at radius 3 is 1.79 bits per heavy atom. The van der Waals surface area contributed by atoms with Crippen LogP contribution in [0.1, 0.15) is 105 Å². The summed E-state index contributed by atoms with van der Waals surface area (Å²) in [5.41, 5.74) is -0.516. The first-order chi connectivity index (χ1) is 11.5. The first-order valence-corrected chi connectivity index (χ1v) is 9.93. The van der Waals surface area contributed by atoms with Gasteiger partial charge in [0, 0.05) is 0 Å². The molecule has 0 aromatic rings. The van der Waals surface area contributed by atoms with E-state index >= 15 is 0 Å². The molecular formula is C20H38O4. The lowest BCUT2D eigenvalue weighted by Gasteiger charge is -2.29. The fraction of sp³-hybridized carbons (Fsp3) is 0.900. The maximum absolute atomic E-state index is 12.6. The number of carbonyl (C=O) groups excluding carboxylic acids is 2. The Labute approximate surface area is 148 Å². The summed E-state index contributed by atoms with van der Waals surface area (Å²) < 4.78 is 0. The molecule has 1 unspecified atom stereocenters. The first-order valence-electron chi connectivity index (χ1n) is 9.93. The Kier molecular flexibility index (Phi) is 12.7. The fourth-order valence-electron chi connectivity index (χ4n) is 3.03. The van der Waals surface area contributed by atoms with E-state index in [1.165, 1.54) is 0 Å². The van der Waals surface area contributed by atoms with Gasteiger partial charge in [-0.15, -0.1) is 0 Å². The first kappa shape index (κ1) is 22.9. The van der Waals surface area contributed by atoms with Crippen molar-refractivity contribution < 1.29 is 19.4 Å². The van der Waals surface area contributed by atoms with Gasteiger partial charge in [-0.3, -0.25) is 0 Å². The van der Waals surface area contributed by atoms with Crippen LogP contribution in [0.2, 0.25) is 0 Å². The molecule has 0 heterocycles. The summed E-state index contributed by atoms with van der Waals surface area (Å²) in [4.78, 5) is 34.7. The topological polar surface area (TPSA) is 52.6 Å². The summed E-state index contributed by atoms with van der Waals surface area (Å²) in [5.74, 6) is -0.957. The lowest BCUT2D eigenvalue weighted by Crippen LogP contribution is -2.34. The molecule has 0 saturated heterocycles. The maximum Gasteiger partial charge on any atom is 0.361 e. The van der Waals surface area contributed by atoms with Crippen LogP contribution in [-0.2, 0) is 19.4 Å². The van der Waals surface area contributed by atoms with Crippen LogP contribution in [0.15, 0.2) is 0 Å². The molecule has 0 aliphatic heterocycles. The number of carbonyl (C=O) groups is 2. The molecule has 24 heavy (non-hydrogen) atoms. The lowest BCUT2D eigenvalue weighted by atomic mass is 9.76. The van der Waals surface area contributed by atoms with Crippen molar-refractivity contribution >= 4 is 11.9 Å². The smallest absolute Gasteiger partial charge is 0.247 e. The molecule has 0 aromatic carbocycles. The van der Waals surface area contributed by atoms with Gasteiger partial charge in [-0.25, -0.2) is 19.4 Å². The summed E-state index contributed by atoms with van der Waals surface area (Å²) >= 11 is 0. The minimum absolute atomic E-state index is 0.180. The number of rotatable bonds is 13. The zero-order valence-corrected chi connectivity index (χ0v) is 16.5. The van der Waals surface area contributed by atoms with Crippen molar-refractivity contribution in [3.8, 4) is 0 Å². The van der Waals surface area contributed by atoms with E-state index < -0.39 is 11.4 Å². The van der Waals surface area contributed by atoms with Gasteiger partial charge in [0.25, 0.3) is 0 Å². The summed E-state index contributed by atoms with van der Waals surface area (Å²) in [5, 5.41) is 0. The number of unbranched alkanes of at least 4 members (excludes halogenated alkanes) is 3. The lowest BCUT2D eigenvalue weighted by molar-refractivity contribution is -0.270. The SMILES string of the molecule is CCCCC(CC)C(=O)OOC(=O)C(CC)(CCCC)CCCC. The highest BCUT2D eigenvalue weighted by Gasteiger charge is 2.39. The van der Waals surface area contributed by atoms with Crippen molar-refractivity contribution in [3.05, 3.63) is 0 Å². The summed E-state index contributed by atoms with van der Waals surface area (Å²) in [7, 11) is 0. The predicted octanol–water partition coefficient (Wildman–Crippen LogP) is 5.98. The van der Waals surface area contributed by atoms with Crippen molar-refractivity contribution in [1.29, 1.82) is 0 Å². The zero-order valence-electron chi connectivity index (χ0n) is 16.5. The third-order valence-electron chi connectivity index (χ3n) is 5.06. The van der Waals surface area contributed by atoms with Crippen LogP contribution in [0.4, 0.5) is 0 Å². The highest BCUT2D eigenvalue weighted by molar-refractivity contribution is 5.78. The van der Waals surface area contributed by atoms with E-state index in [1.54, 1.807) is 0 Å². The highest BCUT2D eigenvalue weighted by Crippen LogP contribution is 2.36. The van der Waals surface area contributed by atoms with Crippen LogP contribution in [0.25, 0.3) is 0 Å². The Hall–Kier alpha value is -1.06. The highest BCUT2D eigenvalue weighted by atomic mass is 17.2. The molecule has 1 atom stereocenters. The molecule has 0 aliphatic rings. The van der Waals surface area contributed by atoms with Crippen molar-refractivity contribution in [2.75, 3.05) is 0 Å². The second-order valence-corrected chi connectivity index (χ2v) is 6.86. The molecule has 0 spiro atoms. The molecule has 0 fully saturated rings. The van der Waals surface area contributed by atoms with E-state index in [0.717, 1.165) is 64.2 Å². The molecule has 4 nitrogen and oxygen atoms in total. The van der Waals surface area contributed by atoms with Gasteiger partial charge < -0.3 is 0 Å². The molecule has 0 radical (unpaired) electrons. The molecule has 0 aliphatic carbocycles. The monoisotopic (exact) mass is 342 g/mol. The summed E-state index contributed by atoms with van der Waals surface area (Å²) in [6.07, 6.45) is 9.86. The van der Waals surface area contributed by atoms with Gasteiger partial charge in [0.1, 0.15) is 0 Å². The molecule has 0 amide bonds. The standard InChI is InChI=1S/C20H38O4/c1-6-11-14-17(9-4)18(21)23-24-19(22)20(10-5,15-12-7-2)16-13-8-3/h17H,6-16H2,1-5H3. The van der Waals surface area contributed by atoms with Crippen LogP contribution in [0, 0.1) is 11.3 Å². The largest absolute Gasteiger partial charge is 0.361 e. The van der Waals surface area contributed by atoms with E-state index in [0.29, 0.717) is 6.42 Å². The van der Waals surface area contributed by atoms with Gasteiger partial charge in [0.2, 0.25) is 0 Å². The Morgan fingerprint density at radius 1 is 0.833 bits per heavy atom.